The predicted octanol–water partition coefficient (Wildman–Crippen LogP) is 1.88. The minimum atomic E-state index is 0.652. The fourth-order valence-electron chi connectivity index (χ4n) is 2.64. The lowest BCUT2D eigenvalue weighted by Crippen LogP contribution is -2.32. The Bertz CT molecular complexity index is 390. The molecule has 1 aliphatic rings. The van der Waals surface area contributed by atoms with Gasteiger partial charge in [0.1, 0.15) is 0 Å². The largest absolute Gasteiger partial charge is 0.367 e. The van der Waals surface area contributed by atoms with E-state index in [0.29, 0.717) is 6.04 Å². The van der Waals surface area contributed by atoms with Crippen molar-refractivity contribution in [1.29, 1.82) is 0 Å². The van der Waals surface area contributed by atoms with Gasteiger partial charge in [-0.15, -0.1) is 0 Å². The van der Waals surface area contributed by atoms with Crippen LogP contribution in [-0.4, -0.2) is 32.0 Å². The van der Waals surface area contributed by atoms with E-state index in [1.165, 1.54) is 24.9 Å². The van der Waals surface area contributed by atoms with E-state index in [1.807, 2.05) is 24.9 Å². The molecule has 0 radical (unpaired) electrons. The van der Waals surface area contributed by atoms with Crippen LogP contribution < -0.4 is 0 Å². The summed E-state index contributed by atoms with van der Waals surface area (Å²) in [4.78, 5) is 9.80. The zero-order valence-electron chi connectivity index (χ0n) is 9.92. The van der Waals surface area contributed by atoms with Crippen molar-refractivity contribution >= 4 is 0 Å². The number of aromatic nitrogens is 3. The Balaban J connectivity index is 1.63. The lowest BCUT2D eigenvalue weighted by molar-refractivity contribution is 0.224. The Hall–Kier alpha value is -1.55. The minimum absolute atomic E-state index is 0.652. The molecule has 0 amide bonds. The molecule has 3 rings (SSSR count). The summed E-state index contributed by atoms with van der Waals surface area (Å²) in [7, 11) is 0. The monoisotopic (exact) mass is 230 g/mol. The summed E-state index contributed by atoms with van der Waals surface area (Å²) in [5, 5.41) is 0. The average Bonchev–Trinajstić information content (AvgIpc) is 3.04. The van der Waals surface area contributed by atoms with Crippen molar-refractivity contribution in [2.24, 2.45) is 0 Å². The van der Waals surface area contributed by atoms with Crippen LogP contribution in [0.2, 0.25) is 0 Å². The molecule has 0 aliphatic carbocycles. The van der Waals surface area contributed by atoms with E-state index >= 15 is 0 Å². The van der Waals surface area contributed by atoms with Gasteiger partial charge in [-0.25, -0.2) is 4.98 Å². The lowest BCUT2D eigenvalue weighted by atomic mass is 10.2. The molecule has 4 nitrogen and oxygen atoms in total. The van der Waals surface area contributed by atoms with Gasteiger partial charge < -0.3 is 9.55 Å². The highest BCUT2D eigenvalue weighted by Crippen LogP contribution is 2.21. The molecule has 1 fully saturated rings. The Labute approximate surface area is 101 Å². The van der Waals surface area contributed by atoms with Crippen LogP contribution in [0.5, 0.6) is 0 Å². The molecule has 0 spiro atoms. The van der Waals surface area contributed by atoms with Gasteiger partial charge >= 0.3 is 0 Å². The first kappa shape index (κ1) is 10.6. The summed E-state index contributed by atoms with van der Waals surface area (Å²) < 4.78 is 2.18. The van der Waals surface area contributed by atoms with Gasteiger partial charge in [0, 0.05) is 43.9 Å². The molecular formula is C13H18N4. The van der Waals surface area contributed by atoms with Crippen LogP contribution in [-0.2, 0) is 13.1 Å². The summed E-state index contributed by atoms with van der Waals surface area (Å²) in [6.45, 7) is 3.33. The number of aromatic amines is 1. The molecule has 1 unspecified atom stereocenters. The second kappa shape index (κ2) is 4.75. The number of rotatable bonds is 4. The Kier molecular flexibility index (Phi) is 2.96. The third-order valence-electron chi connectivity index (χ3n) is 3.53. The smallest absolute Gasteiger partial charge is 0.0946 e. The molecule has 4 heteroatoms. The molecule has 1 atom stereocenters. The van der Waals surface area contributed by atoms with Crippen LogP contribution in [0.15, 0.2) is 37.2 Å². The van der Waals surface area contributed by atoms with E-state index in [4.69, 9.17) is 0 Å². The van der Waals surface area contributed by atoms with Crippen LogP contribution in [0.4, 0.5) is 0 Å². The first-order chi connectivity index (χ1) is 8.42. The Morgan fingerprint density at radius 2 is 2.47 bits per heavy atom. The van der Waals surface area contributed by atoms with Crippen molar-refractivity contribution in [3.8, 4) is 0 Å². The minimum Gasteiger partial charge on any atom is -0.367 e. The number of nitrogens with one attached hydrogen (secondary N) is 1. The molecule has 1 aliphatic heterocycles. The quantitative estimate of drug-likeness (QED) is 0.870. The van der Waals surface area contributed by atoms with E-state index in [1.54, 1.807) is 0 Å². The number of hydrogen-bond acceptors (Lipinski definition) is 2. The summed E-state index contributed by atoms with van der Waals surface area (Å²) in [6, 6.07) is 2.81. The highest BCUT2D eigenvalue weighted by molar-refractivity contribution is 5.08. The van der Waals surface area contributed by atoms with Crippen LogP contribution in [0, 0.1) is 0 Å². The van der Waals surface area contributed by atoms with Gasteiger partial charge in [-0.1, -0.05) is 0 Å². The zero-order valence-corrected chi connectivity index (χ0v) is 9.92. The number of hydrogen-bond donors (Lipinski definition) is 1. The predicted molar refractivity (Wildman–Crippen MR) is 66.5 cm³/mol. The molecule has 2 aromatic heterocycles. The van der Waals surface area contributed by atoms with Crippen LogP contribution >= 0.6 is 0 Å². The van der Waals surface area contributed by atoms with Gasteiger partial charge in [-0.2, -0.15) is 0 Å². The van der Waals surface area contributed by atoms with E-state index in [0.717, 1.165) is 13.1 Å². The first-order valence-corrected chi connectivity index (χ1v) is 6.23. The average molecular weight is 230 g/mol. The highest BCUT2D eigenvalue weighted by Gasteiger charge is 2.24. The second-order valence-corrected chi connectivity index (χ2v) is 4.75. The van der Waals surface area contributed by atoms with Crippen LogP contribution in [0.3, 0.4) is 0 Å². The maximum Gasteiger partial charge on any atom is 0.0946 e. The number of H-pyrrole nitrogens is 1. The Morgan fingerprint density at radius 3 is 3.24 bits per heavy atom. The van der Waals surface area contributed by atoms with Crippen molar-refractivity contribution in [1.82, 2.24) is 19.4 Å². The highest BCUT2D eigenvalue weighted by atomic mass is 15.2. The topological polar surface area (TPSA) is 36.9 Å². The number of imidazole rings is 1. The SMILES string of the molecule is c1cn(CC2CCCN2Cc2cc[nH]c2)cn1. The first-order valence-electron chi connectivity index (χ1n) is 6.23. The molecule has 90 valence electrons. The fraction of sp³-hybridized carbons (Fsp3) is 0.462. The third kappa shape index (κ3) is 2.42. The van der Waals surface area contributed by atoms with E-state index in [9.17, 15) is 0 Å². The van der Waals surface area contributed by atoms with Crippen LogP contribution in [0.25, 0.3) is 0 Å². The molecule has 0 aromatic carbocycles. The summed E-state index contributed by atoms with van der Waals surface area (Å²) in [5.41, 5.74) is 1.38. The zero-order chi connectivity index (χ0) is 11.5. The molecule has 1 N–H and O–H groups in total. The van der Waals surface area contributed by atoms with Gasteiger partial charge in [0.15, 0.2) is 0 Å². The molecule has 1 saturated heterocycles. The van der Waals surface area contributed by atoms with Crippen molar-refractivity contribution in [3.63, 3.8) is 0 Å². The number of likely N-dealkylation sites (tertiary alicyclic amines) is 1. The van der Waals surface area contributed by atoms with Crippen LogP contribution in [0.1, 0.15) is 18.4 Å². The van der Waals surface area contributed by atoms with E-state index in [2.05, 4.69) is 31.7 Å². The molecule has 0 bridgehead atoms. The van der Waals surface area contributed by atoms with Gasteiger partial charge in [0.25, 0.3) is 0 Å². The van der Waals surface area contributed by atoms with Crippen molar-refractivity contribution in [2.75, 3.05) is 6.54 Å². The second-order valence-electron chi connectivity index (χ2n) is 4.75. The molecule has 0 saturated carbocycles. The molecule has 17 heavy (non-hydrogen) atoms. The summed E-state index contributed by atoms with van der Waals surface area (Å²) >= 11 is 0. The van der Waals surface area contributed by atoms with E-state index < -0.39 is 0 Å². The Morgan fingerprint density at radius 1 is 1.47 bits per heavy atom. The molecular weight excluding hydrogens is 212 g/mol. The van der Waals surface area contributed by atoms with Gasteiger partial charge in [0.05, 0.1) is 6.33 Å². The standard InChI is InChI=1S/C13H18N4/c1-2-13(10-16-7-5-15-11-16)17(6-1)9-12-3-4-14-8-12/h3-5,7-8,11,13-14H,1-2,6,9-10H2. The van der Waals surface area contributed by atoms with Crippen molar-refractivity contribution in [2.45, 2.75) is 32.0 Å². The van der Waals surface area contributed by atoms with Crippen molar-refractivity contribution in [3.05, 3.63) is 42.7 Å². The molecule has 3 heterocycles. The molecule has 2 aromatic rings. The van der Waals surface area contributed by atoms with Gasteiger partial charge in [0.2, 0.25) is 0 Å². The number of nitrogens with zero attached hydrogens (tertiary/aromatic N) is 3. The third-order valence-corrected chi connectivity index (χ3v) is 3.53. The normalized spacial score (nSPS) is 21.1. The van der Waals surface area contributed by atoms with E-state index in [-0.39, 0.29) is 0 Å². The lowest BCUT2D eigenvalue weighted by Gasteiger charge is -2.24. The summed E-state index contributed by atoms with van der Waals surface area (Å²) in [5.74, 6) is 0. The fourth-order valence-corrected chi connectivity index (χ4v) is 2.64. The van der Waals surface area contributed by atoms with Crippen molar-refractivity contribution < 1.29 is 0 Å². The van der Waals surface area contributed by atoms with Gasteiger partial charge in [-0.05, 0) is 31.0 Å². The maximum atomic E-state index is 4.10. The van der Waals surface area contributed by atoms with Gasteiger partial charge in [-0.3, -0.25) is 4.90 Å². The maximum absolute atomic E-state index is 4.10. The summed E-state index contributed by atoms with van der Waals surface area (Å²) in [6.07, 6.45) is 12.5.